The average Bonchev–Trinajstić information content (AvgIpc) is 3.26. The highest BCUT2D eigenvalue weighted by atomic mass is 32.2. The molecule has 2 aliphatic rings. The van der Waals surface area contributed by atoms with Crippen LogP contribution in [0.4, 0.5) is 5.69 Å². The van der Waals surface area contributed by atoms with E-state index < -0.39 is 10.9 Å². The predicted molar refractivity (Wildman–Crippen MR) is 160 cm³/mol. The summed E-state index contributed by atoms with van der Waals surface area (Å²) in [5.74, 6) is 1.21. The Kier molecular flexibility index (Phi) is 9.06. The van der Waals surface area contributed by atoms with Crippen LogP contribution in [0.25, 0.3) is 0 Å². The van der Waals surface area contributed by atoms with E-state index in [1.165, 1.54) is 18.7 Å². The lowest BCUT2D eigenvalue weighted by atomic mass is 9.87. The zero-order valence-electron chi connectivity index (χ0n) is 24.5. The molecule has 218 valence electrons. The first-order chi connectivity index (χ1) is 19.3. The molecule has 2 aromatic carbocycles. The minimum atomic E-state index is -0.561. The number of amides is 2. The topological polar surface area (TPSA) is 128 Å². The minimum absolute atomic E-state index is 0.0144. The fourth-order valence-electron chi connectivity index (χ4n) is 4.66. The SMILES string of the molecule is CC(=O)Oc1c(C)c(C)c2c(c1C)CCC(C)(COc1ccc(NC(=O)CC3SC(=NN=C(C)C)NC3=O)cc1)O2. The van der Waals surface area contributed by atoms with Crippen LogP contribution in [0.1, 0.15) is 62.8 Å². The monoisotopic (exact) mass is 580 g/mol. The van der Waals surface area contributed by atoms with E-state index in [0.717, 1.165) is 46.6 Å². The molecule has 0 aromatic heterocycles. The molecule has 0 spiro atoms. The number of thioether (sulfide) groups is 1. The first-order valence-electron chi connectivity index (χ1n) is 13.4. The normalized spacial score (nSPS) is 20.5. The van der Waals surface area contributed by atoms with Crippen LogP contribution in [0.5, 0.6) is 17.2 Å². The number of benzene rings is 2. The van der Waals surface area contributed by atoms with Gasteiger partial charge in [0, 0.05) is 30.3 Å². The fraction of sp³-hybridized carbons (Fsp3) is 0.433. The van der Waals surface area contributed by atoms with Crippen molar-refractivity contribution in [1.29, 1.82) is 0 Å². The molecule has 10 nitrogen and oxygen atoms in total. The summed E-state index contributed by atoms with van der Waals surface area (Å²) in [5.41, 5.74) is 4.65. The first kappa shape index (κ1) is 30.1. The molecule has 4 rings (SSSR count). The van der Waals surface area contributed by atoms with Crippen LogP contribution in [0.15, 0.2) is 34.5 Å². The van der Waals surface area contributed by atoms with E-state index in [1.807, 2.05) is 41.5 Å². The molecule has 0 saturated carbocycles. The van der Waals surface area contributed by atoms with Crippen molar-refractivity contribution in [1.82, 2.24) is 5.32 Å². The molecule has 11 heteroatoms. The van der Waals surface area contributed by atoms with Crippen molar-refractivity contribution in [3.05, 3.63) is 46.5 Å². The summed E-state index contributed by atoms with van der Waals surface area (Å²) >= 11 is 1.19. The summed E-state index contributed by atoms with van der Waals surface area (Å²) < 4.78 is 18.1. The molecule has 2 aliphatic heterocycles. The van der Waals surface area contributed by atoms with Gasteiger partial charge in [0.15, 0.2) is 5.17 Å². The summed E-state index contributed by atoms with van der Waals surface area (Å²) in [6.07, 6.45) is 1.53. The van der Waals surface area contributed by atoms with Gasteiger partial charge < -0.3 is 24.8 Å². The molecule has 2 aromatic rings. The number of carbonyl (C=O) groups excluding carboxylic acids is 3. The van der Waals surface area contributed by atoms with E-state index in [0.29, 0.717) is 29.0 Å². The molecule has 41 heavy (non-hydrogen) atoms. The third-order valence-electron chi connectivity index (χ3n) is 6.98. The lowest BCUT2D eigenvalue weighted by molar-refractivity contribution is -0.132. The quantitative estimate of drug-likeness (QED) is 0.194. The van der Waals surface area contributed by atoms with Gasteiger partial charge in [0.25, 0.3) is 0 Å². The number of fused-ring (bicyclic) bond motifs is 1. The number of hydrogen-bond acceptors (Lipinski definition) is 9. The molecule has 2 unspecified atom stereocenters. The molecule has 0 radical (unpaired) electrons. The summed E-state index contributed by atoms with van der Waals surface area (Å²) in [7, 11) is 0. The second kappa shape index (κ2) is 12.3. The van der Waals surface area contributed by atoms with Crippen molar-refractivity contribution in [2.45, 2.75) is 78.6 Å². The van der Waals surface area contributed by atoms with Crippen LogP contribution in [-0.2, 0) is 20.8 Å². The lowest BCUT2D eigenvalue weighted by Gasteiger charge is -2.37. The second-order valence-corrected chi connectivity index (χ2v) is 12.0. The number of nitrogens with one attached hydrogen (secondary N) is 2. The molecule has 0 bridgehead atoms. The maximum atomic E-state index is 12.6. The van der Waals surface area contributed by atoms with Crippen LogP contribution < -0.4 is 24.8 Å². The number of rotatable bonds is 8. The van der Waals surface area contributed by atoms with Crippen LogP contribution in [0, 0.1) is 20.8 Å². The number of esters is 1. The number of carbonyl (C=O) groups is 3. The van der Waals surface area contributed by atoms with Gasteiger partial charge in [-0.05, 0) is 95.3 Å². The van der Waals surface area contributed by atoms with Gasteiger partial charge >= 0.3 is 5.97 Å². The molecule has 1 fully saturated rings. The van der Waals surface area contributed by atoms with E-state index in [2.05, 4.69) is 20.8 Å². The van der Waals surface area contributed by atoms with E-state index in [-0.39, 0.29) is 24.2 Å². The molecule has 1 saturated heterocycles. The predicted octanol–water partition coefficient (Wildman–Crippen LogP) is 5.01. The van der Waals surface area contributed by atoms with Gasteiger partial charge in [0.1, 0.15) is 34.7 Å². The highest BCUT2D eigenvalue weighted by Crippen LogP contribution is 2.44. The summed E-state index contributed by atoms with van der Waals surface area (Å²) in [6.45, 7) is 13.3. The number of amidine groups is 1. The van der Waals surface area contributed by atoms with Gasteiger partial charge in [-0.1, -0.05) is 11.8 Å². The van der Waals surface area contributed by atoms with Crippen molar-refractivity contribution in [2.75, 3.05) is 11.9 Å². The lowest BCUT2D eigenvalue weighted by Crippen LogP contribution is -2.42. The van der Waals surface area contributed by atoms with Gasteiger partial charge in [0.05, 0.1) is 0 Å². The molecular formula is C30H36N4O6S. The second-order valence-electron chi connectivity index (χ2n) is 10.8. The van der Waals surface area contributed by atoms with Crippen molar-refractivity contribution < 1.29 is 28.6 Å². The molecule has 2 atom stereocenters. The van der Waals surface area contributed by atoms with Gasteiger partial charge in [-0.2, -0.15) is 5.10 Å². The van der Waals surface area contributed by atoms with Crippen LogP contribution in [0.2, 0.25) is 0 Å². The number of ether oxygens (including phenoxy) is 3. The van der Waals surface area contributed by atoms with E-state index in [9.17, 15) is 14.4 Å². The Morgan fingerprint density at radius 3 is 2.49 bits per heavy atom. The molecular weight excluding hydrogens is 544 g/mol. The van der Waals surface area contributed by atoms with Gasteiger partial charge in [0.2, 0.25) is 11.8 Å². The summed E-state index contributed by atoms with van der Waals surface area (Å²) in [4.78, 5) is 36.3. The third-order valence-corrected chi connectivity index (χ3v) is 8.05. The highest BCUT2D eigenvalue weighted by Gasteiger charge is 2.36. The Morgan fingerprint density at radius 2 is 1.83 bits per heavy atom. The van der Waals surface area contributed by atoms with Crippen molar-refractivity contribution in [3.63, 3.8) is 0 Å². The maximum Gasteiger partial charge on any atom is 0.308 e. The molecule has 2 heterocycles. The first-order valence-corrected chi connectivity index (χ1v) is 14.3. The van der Waals surface area contributed by atoms with Crippen LogP contribution in [0.3, 0.4) is 0 Å². The third kappa shape index (κ3) is 7.27. The van der Waals surface area contributed by atoms with Crippen molar-refractivity contribution >= 4 is 46.1 Å². The van der Waals surface area contributed by atoms with Crippen LogP contribution >= 0.6 is 11.8 Å². The molecule has 0 aliphatic carbocycles. The Balaban J connectivity index is 1.33. The van der Waals surface area contributed by atoms with Gasteiger partial charge in [-0.25, -0.2) is 0 Å². The number of hydrogen-bond donors (Lipinski definition) is 2. The summed E-state index contributed by atoms with van der Waals surface area (Å²) in [6, 6.07) is 7.09. The largest absolute Gasteiger partial charge is 0.489 e. The smallest absolute Gasteiger partial charge is 0.308 e. The highest BCUT2D eigenvalue weighted by molar-refractivity contribution is 8.15. The Bertz CT molecular complexity index is 1430. The zero-order chi connectivity index (χ0) is 29.9. The van der Waals surface area contributed by atoms with Gasteiger partial charge in [-0.3, -0.25) is 14.4 Å². The van der Waals surface area contributed by atoms with Gasteiger partial charge in [-0.15, -0.1) is 5.10 Å². The fourth-order valence-corrected chi connectivity index (χ4v) is 5.58. The number of nitrogens with zero attached hydrogens (tertiary/aromatic N) is 2. The average molecular weight is 581 g/mol. The van der Waals surface area contributed by atoms with Crippen LogP contribution in [-0.4, -0.2) is 46.1 Å². The van der Waals surface area contributed by atoms with E-state index in [1.54, 1.807) is 24.3 Å². The Labute approximate surface area is 244 Å². The maximum absolute atomic E-state index is 12.6. The zero-order valence-corrected chi connectivity index (χ0v) is 25.3. The van der Waals surface area contributed by atoms with Crippen molar-refractivity contribution in [2.24, 2.45) is 10.2 Å². The summed E-state index contributed by atoms with van der Waals surface area (Å²) in [5, 5.41) is 13.2. The molecule has 2 amide bonds. The Morgan fingerprint density at radius 1 is 1.12 bits per heavy atom. The Hall–Kier alpha value is -3.86. The van der Waals surface area contributed by atoms with E-state index >= 15 is 0 Å². The van der Waals surface area contributed by atoms with Crippen molar-refractivity contribution in [3.8, 4) is 17.2 Å². The van der Waals surface area contributed by atoms with E-state index in [4.69, 9.17) is 14.2 Å². The minimum Gasteiger partial charge on any atom is -0.489 e. The molecule has 2 N–H and O–H groups in total. The standard InChI is InChI=1S/C30H36N4O6S/c1-16(2)33-34-29-32-28(37)24(41-29)14-25(36)31-21-8-10-22(11-9-21)38-15-30(7)13-12-23-19(5)26(39-20(6)35)17(3)18(4)27(23)40-30/h8-11,24H,12-15H2,1-7H3,(H,31,36)(H,32,34,37). The number of anilines is 1.